The van der Waals surface area contributed by atoms with Crippen molar-refractivity contribution in [3.63, 3.8) is 0 Å². The summed E-state index contributed by atoms with van der Waals surface area (Å²) in [5.41, 5.74) is 2.12. The zero-order valence-electron chi connectivity index (χ0n) is 16.0. The topological polar surface area (TPSA) is 100 Å². The van der Waals surface area contributed by atoms with Gasteiger partial charge in [0.25, 0.3) is 0 Å². The predicted molar refractivity (Wildman–Crippen MR) is 107 cm³/mol. The Morgan fingerprint density at radius 3 is 2.86 bits per heavy atom. The van der Waals surface area contributed by atoms with Crippen LogP contribution < -0.4 is 10.2 Å². The van der Waals surface area contributed by atoms with E-state index in [0.717, 1.165) is 44.6 Å². The van der Waals surface area contributed by atoms with Crippen LogP contribution in [0, 0.1) is 5.92 Å². The average molecular weight is 385 g/mol. The minimum Gasteiger partial charge on any atom is -0.387 e. The summed E-state index contributed by atoms with van der Waals surface area (Å²) >= 11 is 0. The second-order valence-electron chi connectivity index (χ2n) is 7.39. The molecule has 4 rings (SSSR count). The van der Waals surface area contributed by atoms with E-state index in [1.165, 1.54) is 0 Å². The van der Waals surface area contributed by atoms with Gasteiger partial charge in [0.1, 0.15) is 0 Å². The molecule has 150 valence electrons. The number of nitrogens with zero attached hydrogens (tertiary/aromatic N) is 4. The number of hydrogen-bond donors (Lipinski definition) is 2. The Morgan fingerprint density at radius 2 is 2.14 bits per heavy atom. The van der Waals surface area contributed by atoms with Crippen molar-refractivity contribution in [3.05, 3.63) is 30.2 Å². The molecule has 2 N–H and O–H groups in total. The molecule has 8 heteroatoms. The minimum absolute atomic E-state index is 0. The number of amides is 1. The summed E-state index contributed by atoms with van der Waals surface area (Å²) in [7, 11) is 0. The molecule has 0 bridgehead atoms. The number of aliphatic hydroxyl groups excluding tert-OH is 1. The average Bonchev–Trinajstić information content (AvgIpc) is 2.72. The number of hydrogen-bond acceptors (Lipinski definition) is 7. The fourth-order valence-electron chi connectivity index (χ4n) is 3.61. The number of anilines is 2. The van der Waals surface area contributed by atoms with E-state index in [4.69, 9.17) is 9.72 Å². The van der Waals surface area contributed by atoms with E-state index in [9.17, 15) is 9.90 Å². The van der Waals surface area contributed by atoms with Crippen LogP contribution in [0.3, 0.4) is 0 Å². The van der Waals surface area contributed by atoms with Gasteiger partial charge in [-0.25, -0.2) is 9.97 Å². The number of rotatable bonds is 5. The van der Waals surface area contributed by atoms with Crippen LogP contribution in [0.25, 0.3) is 11.3 Å². The number of pyridine rings is 1. The van der Waals surface area contributed by atoms with Crippen molar-refractivity contribution in [2.75, 3.05) is 36.5 Å². The van der Waals surface area contributed by atoms with Gasteiger partial charge in [0.05, 0.1) is 30.2 Å². The molecule has 1 saturated heterocycles. The molecule has 4 heterocycles. The van der Waals surface area contributed by atoms with Crippen LogP contribution in [0.5, 0.6) is 0 Å². The Bertz CT molecular complexity index is 841. The SMILES string of the molecule is C[C@H](O)c1ccc(-c2cnc3c(n2)N(CCC2CCOCC2)CC(=O)N3)cn1.[HH]. The first kappa shape index (κ1) is 18.8. The van der Waals surface area contributed by atoms with Crippen LogP contribution in [0.2, 0.25) is 0 Å². The van der Waals surface area contributed by atoms with Crippen molar-refractivity contribution in [3.8, 4) is 11.3 Å². The number of carbonyl (C=O) groups excluding carboxylic acids is 1. The maximum Gasteiger partial charge on any atom is 0.245 e. The van der Waals surface area contributed by atoms with Crippen molar-refractivity contribution in [2.24, 2.45) is 5.92 Å². The van der Waals surface area contributed by atoms with Crippen molar-refractivity contribution < 1.29 is 16.1 Å². The molecule has 2 aromatic heterocycles. The monoisotopic (exact) mass is 385 g/mol. The van der Waals surface area contributed by atoms with E-state index in [0.29, 0.717) is 28.9 Å². The lowest BCUT2D eigenvalue weighted by Crippen LogP contribution is -2.40. The molecule has 1 fully saturated rings. The molecule has 2 aromatic rings. The lowest BCUT2D eigenvalue weighted by Gasteiger charge is -2.31. The van der Waals surface area contributed by atoms with Crippen LogP contribution in [0.1, 0.15) is 39.4 Å². The molecular formula is C20H27N5O3. The quantitative estimate of drug-likeness (QED) is 0.815. The highest BCUT2D eigenvalue weighted by atomic mass is 16.5. The summed E-state index contributed by atoms with van der Waals surface area (Å²) in [4.78, 5) is 27.5. The van der Waals surface area contributed by atoms with Crippen molar-refractivity contribution >= 4 is 17.5 Å². The van der Waals surface area contributed by atoms with Crippen LogP contribution >= 0.6 is 0 Å². The molecule has 0 saturated carbocycles. The Hall–Kier alpha value is -2.58. The lowest BCUT2D eigenvalue weighted by atomic mass is 9.96. The smallest absolute Gasteiger partial charge is 0.245 e. The molecule has 1 amide bonds. The maximum atomic E-state index is 12.1. The first-order valence-electron chi connectivity index (χ1n) is 9.74. The van der Waals surface area contributed by atoms with Crippen molar-refractivity contribution in [2.45, 2.75) is 32.3 Å². The molecule has 8 nitrogen and oxygen atoms in total. The number of carbonyl (C=O) groups is 1. The predicted octanol–water partition coefficient (Wildman–Crippen LogP) is 2.41. The molecule has 0 spiro atoms. The van der Waals surface area contributed by atoms with Gasteiger partial charge in [-0.3, -0.25) is 9.78 Å². The van der Waals surface area contributed by atoms with Crippen LogP contribution in [-0.4, -0.2) is 52.3 Å². The molecular weight excluding hydrogens is 358 g/mol. The molecule has 28 heavy (non-hydrogen) atoms. The fourth-order valence-corrected chi connectivity index (χ4v) is 3.61. The second-order valence-corrected chi connectivity index (χ2v) is 7.39. The van der Waals surface area contributed by atoms with E-state index in [-0.39, 0.29) is 13.9 Å². The zero-order chi connectivity index (χ0) is 19.5. The van der Waals surface area contributed by atoms with Gasteiger partial charge < -0.3 is 20.1 Å². The highest BCUT2D eigenvalue weighted by Crippen LogP contribution is 2.30. The van der Waals surface area contributed by atoms with Crippen molar-refractivity contribution in [1.29, 1.82) is 0 Å². The van der Waals surface area contributed by atoms with Crippen LogP contribution in [-0.2, 0) is 9.53 Å². The number of ether oxygens (including phenoxy) is 1. The highest BCUT2D eigenvalue weighted by Gasteiger charge is 2.26. The van der Waals surface area contributed by atoms with Gasteiger partial charge >= 0.3 is 0 Å². The molecule has 2 aliphatic heterocycles. The zero-order valence-corrected chi connectivity index (χ0v) is 16.0. The Kier molecular flexibility index (Phi) is 5.50. The number of aromatic nitrogens is 3. The molecule has 0 unspecified atom stereocenters. The maximum absolute atomic E-state index is 12.1. The number of fused-ring (bicyclic) bond motifs is 1. The largest absolute Gasteiger partial charge is 0.387 e. The van der Waals surface area contributed by atoms with E-state index in [1.54, 1.807) is 25.4 Å². The third-order valence-corrected chi connectivity index (χ3v) is 5.30. The van der Waals surface area contributed by atoms with Gasteiger partial charge in [-0.15, -0.1) is 0 Å². The number of aliphatic hydroxyl groups is 1. The molecule has 0 aromatic carbocycles. The normalized spacial score (nSPS) is 18.5. The van der Waals surface area contributed by atoms with Crippen molar-refractivity contribution in [1.82, 2.24) is 15.0 Å². The lowest BCUT2D eigenvalue weighted by molar-refractivity contribution is -0.115. The van der Waals surface area contributed by atoms with Gasteiger partial charge in [-0.2, -0.15) is 0 Å². The third-order valence-electron chi connectivity index (χ3n) is 5.30. The van der Waals surface area contributed by atoms with E-state index in [1.807, 2.05) is 11.0 Å². The summed E-state index contributed by atoms with van der Waals surface area (Å²) in [6.07, 6.45) is 5.86. The summed E-state index contributed by atoms with van der Waals surface area (Å²) < 4.78 is 5.43. The Balaban J connectivity index is 0.00000240. The van der Waals surface area contributed by atoms with E-state index < -0.39 is 6.10 Å². The highest BCUT2D eigenvalue weighted by molar-refractivity contribution is 5.99. The summed E-state index contributed by atoms with van der Waals surface area (Å²) in [5.74, 6) is 1.75. The standard InChI is InChI=1S/C20H25N5O3.H2/c1-13(26)16-3-2-15(10-21-16)17-11-22-19-20(23-17)25(12-18(27)24-19)7-4-14-5-8-28-9-6-14;/h2-3,10-11,13-14,26H,4-9,12H2,1H3,(H,22,24,27);1H/t13-;/m0./s1. The molecule has 1 atom stereocenters. The summed E-state index contributed by atoms with van der Waals surface area (Å²) in [6.45, 7) is 4.37. The van der Waals surface area contributed by atoms with Gasteiger partial charge in [-0.05, 0) is 44.2 Å². The van der Waals surface area contributed by atoms with E-state index >= 15 is 0 Å². The summed E-state index contributed by atoms with van der Waals surface area (Å²) in [5, 5.41) is 12.4. The first-order valence-corrected chi connectivity index (χ1v) is 9.74. The van der Waals surface area contributed by atoms with Gasteiger partial charge in [-0.1, -0.05) is 0 Å². The minimum atomic E-state index is -0.612. The van der Waals surface area contributed by atoms with E-state index in [2.05, 4.69) is 15.3 Å². The van der Waals surface area contributed by atoms with Gasteiger partial charge in [0, 0.05) is 32.9 Å². The number of nitrogens with one attached hydrogen (secondary N) is 1. The Morgan fingerprint density at radius 1 is 1.32 bits per heavy atom. The third kappa shape index (κ3) is 4.13. The summed E-state index contributed by atoms with van der Waals surface area (Å²) in [6, 6.07) is 3.66. The fraction of sp³-hybridized carbons (Fsp3) is 0.500. The molecule has 2 aliphatic rings. The first-order chi connectivity index (χ1) is 13.6. The molecule has 0 aliphatic carbocycles. The Labute approximate surface area is 165 Å². The second kappa shape index (κ2) is 8.20. The van der Waals surface area contributed by atoms with Crippen LogP contribution in [0.15, 0.2) is 24.5 Å². The van der Waals surface area contributed by atoms with Gasteiger partial charge in [0.2, 0.25) is 5.91 Å². The van der Waals surface area contributed by atoms with Gasteiger partial charge in [0.15, 0.2) is 11.6 Å². The molecule has 0 radical (unpaired) electrons. The van der Waals surface area contributed by atoms with Crippen LogP contribution in [0.4, 0.5) is 11.6 Å².